The number of ketones is 1. The number of para-hydroxylation sites is 4. The molecule has 2 aromatic carbocycles. The SMILES string of the molecule is CC(C)=O.Cc1cc(Cc2nc3ccccc3[nH]2)n[nH]1.Cc1cc(Cc2nc3ccccc3[nH]2)n[nH]1.O.O.[Cl-].[Cl-].[Co+2].[OH3+].[OH3+]. The molecule has 6 aromatic rings. The van der Waals surface area contributed by atoms with E-state index in [1.165, 1.54) is 13.8 Å². The van der Waals surface area contributed by atoms with Gasteiger partial charge in [-0.05, 0) is 64.1 Å². The van der Waals surface area contributed by atoms with Gasteiger partial charge in [-0.15, -0.1) is 0 Å². The summed E-state index contributed by atoms with van der Waals surface area (Å²) in [5.74, 6) is 2.07. The standard InChI is InChI=1S/2C12H12N4.C3H6O.2ClH.Co.4H2O/c2*1-8-6-9(16-15-8)7-12-13-10-4-2-3-5-11(10)14-12;1-3(2)4;;;;;;;/h2*2-6H,7H2,1H3,(H,13,14)(H,15,16);1-2H3;2*1H;;4*1H2/q;;;;;+2;;;;. The van der Waals surface area contributed by atoms with Crippen molar-refractivity contribution >= 4 is 27.9 Å². The van der Waals surface area contributed by atoms with Crippen LogP contribution < -0.4 is 24.8 Å². The molecule has 0 fully saturated rings. The van der Waals surface area contributed by atoms with Gasteiger partial charge in [0.2, 0.25) is 0 Å². The van der Waals surface area contributed by atoms with E-state index in [1.54, 1.807) is 0 Å². The van der Waals surface area contributed by atoms with E-state index in [9.17, 15) is 4.79 Å². The first-order chi connectivity index (χ1) is 17.4. The number of fused-ring (bicyclic) bond motifs is 2. The van der Waals surface area contributed by atoms with Crippen LogP contribution in [0.25, 0.3) is 22.1 Å². The first kappa shape index (κ1) is 46.4. The third kappa shape index (κ3) is 13.9. The first-order valence-corrected chi connectivity index (χ1v) is 11.7. The summed E-state index contributed by atoms with van der Waals surface area (Å²) in [6.07, 6.45) is 1.47. The summed E-state index contributed by atoms with van der Waals surface area (Å²) in [5, 5.41) is 14.3. The molecule has 1 radical (unpaired) electrons. The molecule has 43 heavy (non-hydrogen) atoms. The third-order valence-electron chi connectivity index (χ3n) is 5.09. The molecule has 6 rings (SSSR count). The second-order valence-corrected chi connectivity index (χ2v) is 8.75. The molecule has 4 heterocycles. The molecule has 14 N–H and O–H groups in total. The Balaban J connectivity index is -0.000000275. The van der Waals surface area contributed by atoms with Crippen molar-refractivity contribution in [3.8, 4) is 0 Å². The summed E-state index contributed by atoms with van der Waals surface area (Å²) in [4.78, 5) is 25.0. The molecule has 16 heteroatoms. The summed E-state index contributed by atoms with van der Waals surface area (Å²) in [6.45, 7) is 7.05. The van der Waals surface area contributed by atoms with E-state index in [-0.39, 0.29) is 69.3 Å². The Morgan fingerprint density at radius 3 is 1.28 bits per heavy atom. The van der Waals surface area contributed by atoms with Gasteiger partial charge < -0.3 is 61.5 Å². The van der Waals surface area contributed by atoms with Crippen LogP contribution in [0.5, 0.6) is 0 Å². The van der Waals surface area contributed by atoms with E-state index in [1.807, 2.05) is 74.5 Å². The number of aromatic nitrogens is 8. The van der Waals surface area contributed by atoms with Gasteiger partial charge in [-0.2, -0.15) is 10.2 Å². The van der Waals surface area contributed by atoms with Crippen molar-refractivity contribution in [2.24, 2.45) is 0 Å². The maximum atomic E-state index is 9.44. The van der Waals surface area contributed by atoms with Crippen LogP contribution in [-0.4, -0.2) is 57.1 Å². The number of nitrogens with one attached hydrogen (secondary N) is 4. The van der Waals surface area contributed by atoms with Gasteiger partial charge in [-0.1, -0.05) is 24.3 Å². The summed E-state index contributed by atoms with van der Waals surface area (Å²) in [6, 6.07) is 20.1. The number of carbonyl (C=O) groups is 1. The normalized spacial score (nSPS) is 8.84. The summed E-state index contributed by atoms with van der Waals surface area (Å²) in [5.41, 5.74) is 8.33. The molecular weight excluding hydrogens is 646 g/mol. The number of hydrogen-bond acceptors (Lipinski definition) is 5. The number of benzene rings is 2. The van der Waals surface area contributed by atoms with Crippen LogP contribution >= 0.6 is 0 Å². The summed E-state index contributed by atoms with van der Waals surface area (Å²) >= 11 is 0. The van der Waals surface area contributed by atoms with Crippen LogP contribution in [0.3, 0.4) is 0 Å². The van der Waals surface area contributed by atoms with Gasteiger partial charge in [0.25, 0.3) is 0 Å². The Bertz CT molecular complexity index is 1420. The van der Waals surface area contributed by atoms with E-state index < -0.39 is 0 Å². The molecule has 239 valence electrons. The molecular formula is C27H40Cl2CoN8O5+2. The van der Waals surface area contributed by atoms with Crippen LogP contribution in [0.4, 0.5) is 0 Å². The quantitative estimate of drug-likeness (QED) is 0.133. The maximum Gasteiger partial charge on any atom is 2.00 e. The Hall–Kier alpha value is -3.60. The van der Waals surface area contributed by atoms with Gasteiger partial charge in [-0.3, -0.25) is 10.2 Å². The molecule has 0 atom stereocenters. The van der Waals surface area contributed by atoms with Crippen molar-refractivity contribution in [2.75, 3.05) is 0 Å². The Morgan fingerprint density at radius 1 is 0.674 bits per heavy atom. The van der Waals surface area contributed by atoms with Gasteiger partial charge in [-0.25, -0.2) is 9.97 Å². The van der Waals surface area contributed by atoms with E-state index in [0.717, 1.165) is 69.3 Å². The second kappa shape index (κ2) is 22.0. The van der Waals surface area contributed by atoms with Crippen molar-refractivity contribution in [3.63, 3.8) is 0 Å². The Morgan fingerprint density at radius 2 is 1.00 bits per heavy atom. The topological polar surface area (TPSA) is 261 Å². The number of carbonyl (C=O) groups excluding carboxylic acids is 1. The van der Waals surface area contributed by atoms with Crippen LogP contribution in [0.15, 0.2) is 60.7 Å². The van der Waals surface area contributed by atoms with Gasteiger partial charge in [0.1, 0.15) is 17.4 Å². The molecule has 0 aliphatic rings. The van der Waals surface area contributed by atoms with Gasteiger partial charge in [0, 0.05) is 24.2 Å². The van der Waals surface area contributed by atoms with Crippen LogP contribution in [-0.2, 0) is 45.4 Å². The minimum absolute atomic E-state index is 0. The van der Waals surface area contributed by atoms with Crippen molar-refractivity contribution in [3.05, 3.63) is 95.1 Å². The molecule has 0 unspecified atom stereocenters. The summed E-state index contributed by atoms with van der Waals surface area (Å²) in [7, 11) is 0. The number of Topliss-reactive ketones (excluding diaryl/α,β-unsaturated/α-hetero) is 1. The number of aromatic amines is 4. The molecule has 4 aromatic heterocycles. The minimum atomic E-state index is 0. The smallest absolute Gasteiger partial charge is 1.00 e. The Kier molecular flexibility index (Phi) is 23.7. The number of H-pyrrole nitrogens is 4. The van der Waals surface area contributed by atoms with Gasteiger partial charge in [0.05, 0.1) is 33.5 Å². The largest absolute Gasteiger partial charge is 2.00 e. The van der Waals surface area contributed by atoms with Gasteiger partial charge in [0.15, 0.2) is 0 Å². The predicted octanol–water partition coefficient (Wildman–Crippen LogP) is -4.52. The molecule has 0 aliphatic heterocycles. The van der Waals surface area contributed by atoms with E-state index in [4.69, 9.17) is 0 Å². The average Bonchev–Trinajstić information content (AvgIpc) is 3.61. The van der Waals surface area contributed by atoms with E-state index in [0.29, 0.717) is 0 Å². The second-order valence-electron chi connectivity index (χ2n) is 8.75. The molecule has 0 saturated heterocycles. The zero-order valence-corrected chi connectivity index (χ0v) is 26.7. The molecule has 0 saturated carbocycles. The molecule has 0 spiro atoms. The number of hydrogen-bond donors (Lipinski definition) is 4. The van der Waals surface area contributed by atoms with Crippen molar-refractivity contribution < 1.29 is 68.3 Å². The van der Waals surface area contributed by atoms with Crippen molar-refractivity contribution in [1.82, 2.24) is 40.3 Å². The zero-order chi connectivity index (χ0) is 25.5. The average molecular weight is 687 g/mol. The zero-order valence-electron chi connectivity index (χ0n) is 24.1. The fourth-order valence-electron chi connectivity index (χ4n) is 3.65. The number of rotatable bonds is 4. The monoisotopic (exact) mass is 685 g/mol. The molecule has 13 nitrogen and oxygen atoms in total. The van der Waals surface area contributed by atoms with Crippen LogP contribution in [0.2, 0.25) is 0 Å². The van der Waals surface area contributed by atoms with Crippen LogP contribution in [0, 0.1) is 13.8 Å². The predicted molar refractivity (Wildman–Crippen MR) is 158 cm³/mol. The van der Waals surface area contributed by atoms with Crippen molar-refractivity contribution in [2.45, 2.75) is 40.5 Å². The number of halogens is 2. The van der Waals surface area contributed by atoms with E-state index >= 15 is 0 Å². The third-order valence-corrected chi connectivity index (χ3v) is 5.09. The number of imidazole rings is 2. The number of nitrogens with zero attached hydrogens (tertiary/aromatic N) is 4. The molecule has 0 aliphatic carbocycles. The fraction of sp³-hybridized carbons (Fsp3) is 0.222. The van der Waals surface area contributed by atoms with Crippen LogP contribution in [0.1, 0.15) is 48.3 Å². The number of aryl methyl sites for hydroxylation is 2. The molecule has 0 amide bonds. The Labute approximate surface area is 271 Å². The first-order valence-electron chi connectivity index (χ1n) is 11.7. The molecule has 0 bridgehead atoms. The fourth-order valence-corrected chi connectivity index (χ4v) is 3.65. The summed E-state index contributed by atoms with van der Waals surface area (Å²) < 4.78 is 0. The minimum Gasteiger partial charge on any atom is -1.00 e. The van der Waals surface area contributed by atoms with Gasteiger partial charge >= 0.3 is 16.8 Å². The van der Waals surface area contributed by atoms with Crippen molar-refractivity contribution in [1.29, 1.82) is 0 Å². The maximum absolute atomic E-state index is 9.44. The van der Waals surface area contributed by atoms with E-state index in [2.05, 4.69) is 40.3 Å².